The molecule has 2 rings (SSSR count). The molecule has 2 aromatic carbocycles. The Hall–Kier alpha value is -3.55. The third-order valence-corrected chi connectivity index (χ3v) is 3.55. The van der Waals surface area contributed by atoms with Crippen LogP contribution in [0.4, 0.5) is 4.79 Å². The van der Waals surface area contributed by atoms with Gasteiger partial charge in [0.1, 0.15) is 11.8 Å². The van der Waals surface area contributed by atoms with Crippen molar-refractivity contribution in [3.8, 4) is 5.75 Å². The van der Waals surface area contributed by atoms with Gasteiger partial charge in [-0.2, -0.15) is 0 Å². The van der Waals surface area contributed by atoms with Gasteiger partial charge in [0.15, 0.2) is 0 Å². The Morgan fingerprint density at radius 1 is 1.00 bits per heavy atom. The maximum atomic E-state index is 12.3. The lowest BCUT2D eigenvalue weighted by Crippen LogP contribution is -2.53. The van der Waals surface area contributed by atoms with E-state index in [1.165, 1.54) is 7.11 Å². The predicted molar refractivity (Wildman–Crippen MR) is 93.7 cm³/mol. The molecule has 136 valence electrons. The van der Waals surface area contributed by atoms with Crippen LogP contribution in [0.5, 0.6) is 5.75 Å². The van der Waals surface area contributed by atoms with Gasteiger partial charge >= 0.3 is 6.09 Å². The fraction of sp³-hybridized carbons (Fsp3) is 0.167. The first-order valence-electron chi connectivity index (χ1n) is 7.77. The molecule has 0 aliphatic heterocycles. The Labute approximate surface area is 150 Å². The van der Waals surface area contributed by atoms with Crippen molar-refractivity contribution in [2.45, 2.75) is 12.5 Å². The molecule has 0 spiro atoms. The van der Waals surface area contributed by atoms with Gasteiger partial charge in [-0.25, -0.2) is 4.79 Å². The summed E-state index contributed by atoms with van der Waals surface area (Å²) in [7, 11) is 1.53. The molecule has 0 aliphatic carbocycles. The Balaban J connectivity index is 1.99. The molecule has 2 aromatic rings. The fourth-order valence-electron chi connectivity index (χ4n) is 2.22. The van der Waals surface area contributed by atoms with E-state index < -0.39 is 23.9 Å². The van der Waals surface area contributed by atoms with Crippen LogP contribution in [0.3, 0.4) is 0 Å². The standard InChI is InChI=1S/C18H19N3O5/c1-26-14-9-7-12(8-10-14)11-15(19-18(24)25)17(23)21-20-16(22)13-5-3-2-4-6-13/h2-10,15,19H,11H2,1H3,(H,20,22)(H,21,23)(H,24,25). The zero-order valence-electron chi connectivity index (χ0n) is 14.1. The largest absolute Gasteiger partial charge is 0.497 e. The van der Waals surface area contributed by atoms with Gasteiger partial charge in [0.25, 0.3) is 11.8 Å². The third kappa shape index (κ3) is 5.52. The molecule has 8 nitrogen and oxygen atoms in total. The minimum absolute atomic E-state index is 0.114. The maximum Gasteiger partial charge on any atom is 0.405 e. The van der Waals surface area contributed by atoms with Crippen LogP contribution in [0.25, 0.3) is 0 Å². The van der Waals surface area contributed by atoms with E-state index in [2.05, 4.69) is 16.2 Å². The first-order valence-corrected chi connectivity index (χ1v) is 7.77. The van der Waals surface area contributed by atoms with E-state index in [-0.39, 0.29) is 6.42 Å². The lowest BCUT2D eigenvalue weighted by Gasteiger charge is -2.17. The van der Waals surface area contributed by atoms with Crippen molar-refractivity contribution < 1.29 is 24.2 Å². The highest BCUT2D eigenvalue weighted by molar-refractivity contribution is 5.96. The summed E-state index contributed by atoms with van der Waals surface area (Å²) in [6.45, 7) is 0. The second-order valence-electron chi connectivity index (χ2n) is 5.36. The van der Waals surface area contributed by atoms with Crippen molar-refractivity contribution in [3.63, 3.8) is 0 Å². The van der Waals surface area contributed by atoms with Crippen molar-refractivity contribution in [3.05, 3.63) is 65.7 Å². The van der Waals surface area contributed by atoms with E-state index >= 15 is 0 Å². The highest BCUT2D eigenvalue weighted by atomic mass is 16.5. The van der Waals surface area contributed by atoms with E-state index in [1.807, 2.05) is 0 Å². The minimum Gasteiger partial charge on any atom is -0.497 e. The van der Waals surface area contributed by atoms with E-state index in [1.54, 1.807) is 54.6 Å². The number of hydrogen-bond donors (Lipinski definition) is 4. The molecule has 0 saturated heterocycles. The van der Waals surface area contributed by atoms with Crippen molar-refractivity contribution in [1.29, 1.82) is 0 Å². The van der Waals surface area contributed by atoms with Gasteiger partial charge in [0, 0.05) is 12.0 Å². The smallest absolute Gasteiger partial charge is 0.405 e. The topological polar surface area (TPSA) is 117 Å². The molecular formula is C18H19N3O5. The average molecular weight is 357 g/mol. The van der Waals surface area contributed by atoms with Crippen LogP contribution >= 0.6 is 0 Å². The molecule has 1 unspecified atom stereocenters. The second kappa shape index (κ2) is 9.07. The number of nitrogens with one attached hydrogen (secondary N) is 3. The summed E-state index contributed by atoms with van der Waals surface area (Å²) in [5.41, 5.74) is 5.60. The number of ether oxygens (including phenoxy) is 1. The lowest BCUT2D eigenvalue weighted by atomic mass is 10.1. The van der Waals surface area contributed by atoms with Gasteiger partial charge in [0.2, 0.25) is 0 Å². The number of benzene rings is 2. The summed E-state index contributed by atoms with van der Waals surface area (Å²) in [4.78, 5) is 35.2. The minimum atomic E-state index is -1.34. The van der Waals surface area contributed by atoms with Gasteiger partial charge in [-0.3, -0.25) is 20.4 Å². The van der Waals surface area contributed by atoms with Gasteiger partial charge < -0.3 is 15.2 Å². The number of hydrogen-bond acceptors (Lipinski definition) is 4. The number of carbonyl (C=O) groups excluding carboxylic acids is 2. The maximum absolute atomic E-state index is 12.3. The van der Waals surface area contributed by atoms with Crippen LogP contribution in [-0.2, 0) is 11.2 Å². The van der Waals surface area contributed by atoms with Crippen LogP contribution in [0.2, 0.25) is 0 Å². The van der Waals surface area contributed by atoms with Crippen LogP contribution in [0.15, 0.2) is 54.6 Å². The number of rotatable bonds is 6. The molecule has 4 N–H and O–H groups in total. The molecule has 26 heavy (non-hydrogen) atoms. The van der Waals surface area contributed by atoms with Crippen molar-refractivity contribution >= 4 is 17.9 Å². The first kappa shape index (κ1) is 18.8. The molecule has 3 amide bonds. The van der Waals surface area contributed by atoms with E-state index in [0.717, 1.165) is 5.56 Å². The molecule has 1 atom stereocenters. The summed E-state index contributed by atoms with van der Waals surface area (Å²) in [5, 5.41) is 11.1. The van der Waals surface area contributed by atoms with Crippen LogP contribution in [0.1, 0.15) is 15.9 Å². The van der Waals surface area contributed by atoms with Crippen LogP contribution < -0.4 is 20.9 Å². The number of methoxy groups -OCH3 is 1. The summed E-state index contributed by atoms with van der Waals surface area (Å²) < 4.78 is 5.06. The molecule has 0 aromatic heterocycles. The summed E-state index contributed by atoms with van der Waals surface area (Å²) in [5.74, 6) is -0.527. The number of amides is 3. The van der Waals surface area contributed by atoms with Crippen molar-refractivity contribution in [2.75, 3.05) is 7.11 Å². The molecule has 0 radical (unpaired) electrons. The van der Waals surface area contributed by atoms with E-state index in [0.29, 0.717) is 11.3 Å². The van der Waals surface area contributed by atoms with Crippen LogP contribution in [-0.4, -0.2) is 36.2 Å². The molecule has 0 bridgehead atoms. The zero-order valence-corrected chi connectivity index (χ0v) is 14.1. The highest BCUT2D eigenvalue weighted by Gasteiger charge is 2.21. The zero-order chi connectivity index (χ0) is 18.9. The summed E-state index contributed by atoms with van der Waals surface area (Å²) in [6, 6.07) is 14.1. The molecular weight excluding hydrogens is 338 g/mol. The summed E-state index contributed by atoms with van der Waals surface area (Å²) >= 11 is 0. The number of hydrazine groups is 1. The van der Waals surface area contributed by atoms with Crippen LogP contribution in [0, 0.1) is 0 Å². The van der Waals surface area contributed by atoms with Gasteiger partial charge in [-0.15, -0.1) is 0 Å². The Morgan fingerprint density at radius 3 is 2.23 bits per heavy atom. The molecule has 0 heterocycles. The van der Waals surface area contributed by atoms with Gasteiger partial charge in [-0.1, -0.05) is 30.3 Å². The lowest BCUT2D eigenvalue weighted by molar-refractivity contribution is -0.123. The molecule has 0 saturated carbocycles. The first-order chi connectivity index (χ1) is 12.5. The number of carbonyl (C=O) groups is 3. The normalized spacial score (nSPS) is 11.1. The second-order valence-corrected chi connectivity index (χ2v) is 5.36. The SMILES string of the molecule is COc1ccc(CC(NC(=O)O)C(=O)NNC(=O)c2ccccc2)cc1. The van der Waals surface area contributed by atoms with Crippen molar-refractivity contribution in [2.24, 2.45) is 0 Å². The summed E-state index contributed by atoms with van der Waals surface area (Å²) in [6.07, 6.45) is -1.23. The quantitative estimate of drug-likeness (QED) is 0.582. The molecule has 8 heteroatoms. The number of carboxylic acid groups (broad SMARTS) is 1. The molecule has 0 fully saturated rings. The van der Waals surface area contributed by atoms with Crippen molar-refractivity contribution in [1.82, 2.24) is 16.2 Å². The van der Waals surface area contributed by atoms with E-state index in [4.69, 9.17) is 9.84 Å². The third-order valence-electron chi connectivity index (χ3n) is 3.55. The Morgan fingerprint density at radius 2 is 1.65 bits per heavy atom. The predicted octanol–water partition coefficient (Wildman–Crippen LogP) is 1.34. The average Bonchev–Trinajstić information content (AvgIpc) is 2.66. The highest BCUT2D eigenvalue weighted by Crippen LogP contribution is 2.12. The molecule has 0 aliphatic rings. The Bertz CT molecular complexity index is 762. The van der Waals surface area contributed by atoms with E-state index in [9.17, 15) is 14.4 Å². The van der Waals surface area contributed by atoms with Gasteiger partial charge in [-0.05, 0) is 29.8 Å². The fourth-order valence-corrected chi connectivity index (χ4v) is 2.22. The monoisotopic (exact) mass is 357 g/mol. The Kier molecular flexibility index (Phi) is 6.55. The van der Waals surface area contributed by atoms with Gasteiger partial charge in [0.05, 0.1) is 7.11 Å².